The first kappa shape index (κ1) is 14.4. The highest BCUT2D eigenvalue weighted by Crippen LogP contribution is 2.20. The monoisotopic (exact) mass is 291 g/mol. The number of benzene rings is 1. The molecule has 2 aromatic rings. The molecule has 1 atom stereocenters. The van der Waals surface area contributed by atoms with Gasteiger partial charge in [-0.15, -0.1) is 0 Å². The number of carbonyl (C=O) groups is 1. The number of amides is 1. The molecule has 2 rings (SSSR count). The molecule has 0 saturated carbocycles. The summed E-state index contributed by atoms with van der Waals surface area (Å²) in [6.45, 7) is 1.77. The van der Waals surface area contributed by atoms with Gasteiger partial charge in [0.05, 0.1) is 11.8 Å². The van der Waals surface area contributed by atoms with Crippen LogP contribution < -0.4 is 5.32 Å². The first-order chi connectivity index (χ1) is 9.56. The number of rotatable bonds is 4. The van der Waals surface area contributed by atoms with E-state index in [1.807, 2.05) is 12.1 Å². The van der Waals surface area contributed by atoms with E-state index in [0.29, 0.717) is 10.7 Å². The van der Waals surface area contributed by atoms with Crippen molar-refractivity contribution in [2.75, 3.05) is 6.54 Å². The summed E-state index contributed by atoms with van der Waals surface area (Å²) in [4.78, 5) is 19.9. The standard InChI is InChI=1S/C14H14ClN3O2/c1-9(19)7-16-14(20)13-6-12(17-8-18-13)10-3-2-4-11(15)5-10/h2-6,8-9,19H,7H2,1H3,(H,16,20)/t9-/m1/s1. The Morgan fingerprint density at radius 2 is 2.20 bits per heavy atom. The molecular weight excluding hydrogens is 278 g/mol. The molecule has 0 aliphatic carbocycles. The lowest BCUT2D eigenvalue weighted by Gasteiger charge is -2.07. The van der Waals surface area contributed by atoms with Gasteiger partial charge in [-0.2, -0.15) is 0 Å². The number of aromatic nitrogens is 2. The molecule has 1 aromatic carbocycles. The van der Waals surface area contributed by atoms with Crippen molar-refractivity contribution in [3.05, 3.63) is 47.4 Å². The largest absolute Gasteiger partial charge is 0.392 e. The van der Waals surface area contributed by atoms with Crippen LogP contribution in [0.4, 0.5) is 0 Å². The summed E-state index contributed by atoms with van der Waals surface area (Å²) >= 11 is 5.93. The molecule has 0 radical (unpaired) electrons. The lowest BCUT2D eigenvalue weighted by atomic mass is 10.1. The Morgan fingerprint density at radius 3 is 2.90 bits per heavy atom. The molecule has 5 nitrogen and oxygen atoms in total. The molecule has 0 unspecified atom stereocenters. The Kier molecular flexibility index (Phi) is 4.65. The van der Waals surface area contributed by atoms with E-state index < -0.39 is 6.10 Å². The Bertz CT molecular complexity index is 617. The smallest absolute Gasteiger partial charge is 0.270 e. The molecule has 20 heavy (non-hydrogen) atoms. The van der Waals surface area contributed by atoms with E-state index >= 15 is 0 Å². The fraction of sp³-hybridized carbons (Fsp3) is 0.214. The molecule has 1 heterocycles. The van der Waals surface area contributed by atoms with Gasteiger partial charge in [0.2, 0.25) is 0 Å². The van der Waals surface area contributed by atoms with E-state index in [1.54, 1.807) is 25.1 Å². The Hall–Kier alpha value is -1.98. The average Bonchev–Trinajstić information content (AvgIpc) is 2.45. The summed E-state index contributed by atoms with van der Waals surface area (Å²) in [6.07, 6.45) is 0.723. The summed E-state index contributed by atoms with van der Waals surface area (Å²) in [5.41, 5.74) is 1.67. The van der Waals surface area contributed by atoms with Crippen LogP contribution in [-0.2, 0) is 0 Å². The highest BCUT2D eigenvalue weighted by molar-refractivity contribution is 6.30. The summed E-state index contributed by atoms with van der Waals surface area (Å²) in [5.74, 6) is -0.350. The minimum atomic E-state index is -0.604. The fourth-order valence-corrected chi connectivity index (χ4v) is 1.81. The molecule has 1 amide bonds. The van der Waals surface area contributed by atoms with Gasteiger partial charge in [0.25, 0.3) is 5.91 Å². The molecule has 6 heteroatoms. The van der Waals surface area contributed by atoms with Gasteiger partial charge in [-0.3, -0.25) is 4.79 Å². The second kappa shape index (κ2) is 6.45. The predicted molar refractivity (Wildman–Crippen MR) is 76.5 cm³/mol. The van der Waals surface area contributed by atoms with Crippen molar-refractivity contribution >= 4 is 17.5 Å². The number of nitrogens with zero attached hydrogens (tertiary/aromatic N) is 2. The Morgan fingerprint density at radius 1 is 1.40 bits per heavy atom. The zero-order valence-electron chi connectivity index (χ0n) is 10.9. The molecule has 0 aliphatic heterocycles. The van der Waals surface area contributed by atoms with Crippen LogP contribution in [-0.4, -0.2) is 33.6 Å². The molecule has 0 spiro atoms. The maximum absolute atomic E-state index is 11.9. The van der Waals surface area contributed by atoms with Crippen LogP contribution in [0.3, 0.4) is 0 Å². The highest BCUT2D eigenvalue weighted by Gasteiger charge is 2.10. The minimum Gasteiger partial charge on any atom is -0.392 e. The summed E-state index contributed by atoms with van der Waals surface area (Å²) in [6, 6.07) is 8.78. The molecular formula is C14H14ClN3O2. The molecule has 0 aliphatic rings. The molecule has 0 saturated heterocycles. The molecule has 0 fully saturated rings. The SMILES string of the molecule is C[C@@H](O)CNC(=O)c1cc(-c2cccc(Cl)c2)ncn1. The van der Waals surface area contributed by atoms with Crippen molar-refractivity contribution < 1.29 is 9.90 Å². The highest BCUT2D eigenvalue weighted by atomic mass is 35.5. The normalized spacial score (nSPS) is 11.9. The van der Waals surface area contributed by atoms with Crippen molar-refractivity contribution in [3.8, 4) is 11.3 Å². The third kappa shape index (κ3) is 3.76. The van der Waals surface area contributed by atoms with Crippen LogP contribution in [0, 0.1) is 0 Å². The fourth-order valence-electron chi connectivity index (χ4n) is 1.62. The van der Waals surface area contributed by atoms with Gasteiger partial charge < -0.3 is 10.4 Å². The van der Waals surface area contributed by atoms with Gasteiger partial charge in [0.15, 0.2) is 0 Å². The zero-order chi connectivity index (χ0) is 14.5. The van der Waals surface area contributed by atoms with Gasteiger partial charge in [0, 0.05) is 17.1 Å². The van der Waals surface area contributed by atoms with Crippen molar-refractivity contribution in [2.24, 2.45) is 0 Å². The number of aliphatic hydroxyl groups is 1. The van der Waals surface area contributed by atoms with Crippen molar-refractivity contribution in [1.29, 1.82) is 0 Å². The van der Waals surface area contributed by atoms with E-state index in [2.05, 4.69) is 15.3 Å². The third-order valence-corrected chi connectivity index (χ3v) is 2.81. The van der Waals surface area contributed by atoms with Gasteiger partial charge in [-0.05, 0) is 25.1 Å². The summed E-state index contributed by atoms with van der Waals surface area (Å²) in [5, 5.41) is 12.3. The molecule has 2 N–H and O–H groups in total. The van der Waals surface area contributed by atoms with E-state index in [-0.39, 0.29) is 18.1 Å². The Labute approximate surface area is 121 Å². The van der Waals surface area contributed by atoms with Crippen molar-refractivity contribution in [2.45, 2.75) is 13.0 Å². The van der Waals surface area contributed by atoms with E-state index in [4.69, 9.17) is 16.7 Å². The first-order valence-corrected chi connectivity index (χ1v) is 6.48. The zero-order valence-corrected chi connectivity index (χ0v) is 11.6. The van der Waals surface area contributed by atoms with Crippen LogP contribution in [0.2, 0.25) is 5.02 Å². The Balaban J connectivity index is 2.22. The van der Waals surface area contributed by atoms with E-state index in [0.717, 1.165) is 5.56 Å². The van der Waals surface area contributed by atoms with E-state index in [1.165, 1.54) is 6.33 Å². The second-order valence-electron chi connectivity index (χ2n) is 4.36. The maximum Gasteiger partial charge on any atom is 0.270 e. The number of hydrogen-bond acceptors (Lipinski definition) is 4. The quantitative estimate of drug-likeness (QED) is 0.902. The van der Waals surface area contributed by atoms with Crippen LogP contribution in [0.25, 0.3) is 11.3 Å². The molecule has 104 valence electrons. The van der Waals surface area contributed by atoms with Gasteiger partial charge in [-0.25, -0.2) is 9.97 Å². The van der Waals surface area contributed by atoms with Crippen LogP contribution in [0.1, 0.15) is 17.4 Å². The number of hydrogen-bond donors (Lipinski definition) is 2. The van der Waals surface area contributed by atoms with Crippen molar-refractivity contribution in [1.82, 2.24) is 15.3 Å². The maximum atomic E-state index is 11.9. The van der Waals surface area contributed by atoms with Gasteiger partial charge >= 0.3 is 0 Å². The number of aliphatic hydroxyl groups excluding tert-OH is 1. The van der Waals surface area contributed by atoms with Gasteiger partial charge in [-0.1, -0.05) is 23.7 Å². The summed E-state index contributed by atoms with van der Waals surface area (Å²) in [7, 11) is 0. The molecule has 0 bridgehead atoms. The van der Waals surface area contributed by atoms with Crippen molar-refractivity contribution in [3.63, 3.8) is 0 Å². The minimum absolute atomic E-state index is 0.176. The lowest BCUT2D eigenvalue weighted by molar-refractivity contribution is 0.0919. The third-order valence-electron chi connectivity index (χ3n) is 2.58. The number of halogens is 1. The predicted octanol–water partition coefficient (Wildman–Crippen LogP) is 1.91. The van der Waals surface area contributed by atoms with Crippen LogP contribution in [0.15, 0.2) is 36.7 Å². The van der Waals surface area contributed by atoms with E-state index in [9.17, 15) is 4.79 Å². The van der Waals surface area contributed by atoms with Crippen LogP contribution >= 0.6 is 11.6 Å². The first-order valence-electron chi connectivity index (χ1n) is 6.10. The second-order valence-corrected chi connectivity index (χ2v) is 4.79. The van der Waals surface area contributed by atoms with Crippen LogP contribution in [0.5, 0.6) is 0 Å². The average molecular weight is 292 g/mol. The summed E-state index contributed by atoms with van der Waals surface area (Å²) < 4.78 is 0. The lowest BCUT2D eigenvalue weighted by Crippen LogP contribution is -2.31. The molecule has 1 aromatic heterocycles. The number of carbonyl (C=O) groups excluding carboxylic acids is 1. The number of nitrogens with one attached hydrogen (secondary N) is 1. The topological polar surface area (TPSA) is 75.1 Å². The van der Waals surface area contributed by atoms with Gasteiger partial charge in [0.1, 0.15) is 12.0 Å².